The number of hydrogen-bond acceptors (Lipinski definition) is 10. The maximum atomic E-state index is 12.5. The lowest BCUT2D eigenvalue weighted by Gasteiger charge is -2.57. The lowest BCUT2D eigenvalue weighted by molar-refractivity contribution is -0.0608. The number of pyridine rings is 2. The van der Waals surface area contributed by atoms with Crippen LogP contribution in [0.1, 0.15) is 109 Å². The first-order chi connectivity index (χ1) is 25.5. The van der Waals surface area contributed by atoms with Gasteiger partial charge in [0, 0.05) is 31.0 Å². The molecule has 0 atom stereocenters. The molecular formula is C40H57N5O7S2. The average molecular weight is 784 g/mol. The van der Waals surface area contributed by atoms with E-state index >= 15 is 0 Å². The van der Waals surface area contributed by atoms with Crippen molar-refractivity contribution >= 4 is 31.8 Å². The number of hydrogen-bond donors (Lipinski definition) is 1. The SMILES string of the molecule is COC(=O)c1ccc(CN(CC23CC4CC(CC(C4)C2)C3)S(C)(=O)=O)nc1.CS(=O)(=O)N(Cc1ccc(C(=O)CN)cn1)CC12CC3CC(CC(C3)C1)C2. The Morgan fingerprint density at radius 3 is 1.30 bits per heavy atom. The number of rotatable bonds is 13. The minimum Gasteiger partial charge on any atom is -0.465 e. The van der Waals surface area contributed by atoms with Crippen LogP contribution in [0.15, 0.2) is 36.7 Å². The standard InChI is InChI=1S/C20H29N3O3S.C20H28N2O4S/c1-27(25,26)23(12-18-3-2-17(11-22-18)19(24)10-21)13-20-7-14-4-15(8-20)6-16(5-14)9-20;1-26-19(23)17-3-4-18(21-11-17)12-22(27(2,24)25)13-20-8-14-5-15(9-20)7-16(6-14)10-20/h2-3,11,14-16H,4-10,12-13,21H2,1H3;3-4,11,14-16H,5-10,12-13H2,1-2H3. The molecule has 54 heavy (non-hydrogen) atoms. The molecule has 296 valence electrons. The van der Waals surface area contributed by atoms with E-state index in [1.54, 1.807) is 32.9 Å². The lowest BCUT2D eigenvalue weighted by atomic mass is 9.49. The first-order valence-corrected chi connectivity index (χ1v) is 23.3. The summed E-state index contributed by atoms with van der Waals surface area (Å²) in [7, 11) is -5.34. The Morgan fingerprint density at radius 1 is 0.667 bits per heavy atom. The number of ether oxygens (including phenoxy) is 1. The van der Waals surface area contributed by atoms with Crippen molar-refractivity contribution in [3.05, 3.63) is 59.2 Å². The Morgan fingerprint density at radius 2 is 1.02 bits per heavy atom. The van der Waals surface area contributed by atoms with Gasteiger partial charge >= 0.3 is 5.97 Å². The van der Waals surface area contributed by atoms with Gasteiger partial charge in [0.2, 0.25) is 20.0 Å². The fourth-order valence-corrected chi connectivity index (χ4v) is 14.0. The number of methoxy groups -OCH3 is 1. The van der Waals surface area contributed by atoms with Crippen LogP contribution in [-0.4, -0.2) is 86.4 Å². The molecule has 8 saturated carbocycles. The normalized spacial score (nSPS) is 32.1. The summed E-state index contributed by atoms with van der Waals surface area (Å²) in [6, 6.07) is 6.77. The molecule has 14 heteroatoms. The summed E-state index contributed by atoms with van der Waals surface area (Å²) in [4.78, 5) is 31.8. The highest BCUT2D eigenvalue weighted by Crippen LogP contribution is 2.61. The number of ketones is 1. The zero-order valence-corrected chi connectivity index (χ0v) is 33.6. The van der Waals surface area contributed by atoms with Gasteiger partial charge in [-0.25, -0.2) is 21.6 Å². The third-order valence-corrected chi connectivity index (χ3v) is 15.9. The molecule has 8 aliphatic carbocycles. The molecule has 0 aliphatic heterocycles. The van der Waals surface area contributed by atoms with Gasteiger partial charge in [-0.15, -0.1) is 0 Å². The number of esters is 1. The molecule has 0 aromatic carbocycles. The van der Waals surface area contributed by atoms with Crippen LogP contribution >= 0.6 is 0 Å². The lowest BCUT2D eigenvalue weighted by Crippen LogP contribution is -2.51. The predicted octanol–water partition coefficient (Wildman–Crippen LogP) is 5.05. The third-order valence-electron chi connectivity index (χ3n) is 13.5. The Bertz CT molecular complexity index is 1710. The van der Waals surface area contributed by atoms with E-state index in [0.717, 1.165) is 35.5 Å². The molecule has 12 nitrogen and oxygen atoms in total. The number of carbonyl (C=O) groups excluding carboxylic acids is 2. The zero-order chi connectivity index (χ0) is 38.5. The van der Waals surface area contributed by atoms with Gasteiger partial charge in [-0.1, -0.05) is 0 Å². The molecule has 0 saturated heterocycles. The van der Waals surface area contributed by atoms with Crippen molar-refractivity contribution in [2.24, 2.45) is 52.1 Å². The molecule has 8 fully saturated rings. The molecule has 2 aromatic rings. The average Bonchev–Trinajstić information content (AvgIpc) is 3.09. The highest BCUT2D eigenvalue weighted by Gasteiger charge is 2.53. The van der Waals surface area contributed by atoms with Gasteiger partial charge in [-0.05, 0) is 148 Å². The molecule has 0 amide bonds. The van der Waals surface area contributed by atoms with E-state index in [1.807, 2.05) is 0 Å². The maximum Gasteiger partial charge on any atom is 0.339 e. The summed E-state index contributed by atoms with van der Waals surface area (Å²) in [5, 5.41) is 0. The van der Waals surface area contributed by atoms with Gasteiger partial charge in [0.1, 0.15) is 0 Å². The third kappa shape index (κ3) is 8.93. The number of nitrogens with zero attached hydrogens (tertiary/aromatic N) is 4. The Balaban J connectivity index is 0.000000167. The molecular weight excluding hydrogens is 727 g/mol. The van der Waals surface area contributed by atoms with Crippen LogP contribution in [0, 0.1) is 46.3 Å². The quantitative estimate of drug-likeness (QED) is 0.214. The van der Waals surface area contributed by atoms with Crippen LogP contribution in [-0.2, 0) is 37.9 Å². The van der Waals surface area contributed by atoms with Crippen LogP contribution in [0.2, 0.25) is 0 Å². The van der Waals surface area contributed by atoms with Crippen molar-refractivity contribution in [3.63, 3.8) is 0 Å². The van der Waals surface area contributed by atoms with Gasteiger partial charge in [0.15, 0.2) is 5.78 Å². The molecule has 2 aromatic heterocycles. The number of Topliss-reactive ketones (excluding diaryl/α,β-unsaturated/α-hetero) is 1. The van der Waals surface area contributed by atoms with Crippen LogP contribution in [0.5, 0.6) is 0 Å². The van der Waals surface area contributed by atoms with E-state index in [1.165, 1.54) is 109 Å². The van der Waals surface area contributed by atoms with Gasteiger partial charge in [0.05, 0.1) is 56.2 Å². The van der Waals surface area contributed by atoms with E-state index in [9.17, 15) is 26.4 Å². The zero-order valence-electron chi connectivity index (χ0n) is 32.0. The summed E-state index contributed by atoms with van der Waals surface area (Å²) >= 11 is 0. The monoisotopic (exact) mass is 783 g/mol. The summed E-state index contributed by atoms with van der Waals surface area (Å²) in [5.41, 5.74) is 7.82. The van der Waals surface area contributed by atoms with Crippen molar-refractivity contribution in [2.75, 3.05) is 39.3 Å². The van der Waals surface area contributed by atoms with Crippen LogP contribution < -0.4 is 5.73 Å². The maximum absolute atomic E-state index is 12.5. The minimum atomic E-state index is -3.34. The fourth-order valence-electron chi connectivity index (χ4n) is 12.2. The fraction of sp³-hybridized carbons (Fsp3) is 0.700. The second kappa shape index (κ2) is 15.3. The molecule has 10 rings (SSSR count). The molecule has 0 radical (unpaired) electrons. The van der Waals surface area contributed by atoms with Crippen molar-refractivity contribution in [3.8, 4) is 0 Å². The van der Waals surface area contributed by atoms with Crippen molar-refractivity contribution < 1.29 is 31.2 Å². The van der Waals surface area contributed by atoms with Gasteiger partial charge in [-0.3, -0.25) is 14.8 Å². The first-order valence-electron chi connectivity index (χ1n) is 19.6. The van der Waals surface area contributed by atoms with E-state index in [-0.39, 0.29) is 36.2 Å². The van der Waals surface area contributed by atoms with Crippen molar-refractivity contribution in [1.29, 1.82) is 0 Å². The van der Waals surface area contributed by atoms with Crippen molar-refractivity contribution in [1.82, 2.24) is 18.6 Å². The molecule has 8 bridgehead atoms. The largest absolute Gasteiger partial charge is 0.465 e. The second-order valence-electron chi connectivity index (χ2n) is 18.1. The van der Waals surface area contributed by atoms with E-state index in [4.69, 9.17) is 5.73 Å². The predicted molar refractivity (Wildman–Crippen MR) is 205 cm³/mol. The van der Waals surface area contributed by atoms with E-state index < -0.39 is 26.0 Å². The Kier molecular flexibility index (Phi) is 11.2. The van der Waals surface area contributed by atoms with Crippen LogP contribution in [0.4, 0.5) is 0 Å². The van der Waals surface area contributed by atoms with Gasteiger partial charge in [-0.2, -0.15) is 8.61 Å². The summed E-state index contributed by atoms with van der Waals surface area (Å²) in [6.45, 7) is 1.65. The second-order valence-corrected chi connectivity index (χ2v) is 22.1. The van der Waals surface area contributed by atoms with Crippen LogP contribution in [0.25, 0.3) is 0 Å². The van der Waals surface area contributed by atoms with E-state index in [0.29, 0.717) is 35.6 Å². The molecule has 0 spiro atoms. The molecule has 2 heterocycles. The van der Waals surface area contributed by atoms with Gasteiger partial charge in [0.25, 0.3) is 0 Å². The summed E-state index contributed by atoms with van der Waals surface area (Å²) in [5.74, 6) is 4.12. The molecule has 2 N–H and O–H groups in total. The van der Waals surface area contributed by atoms with Crippen LogP contribution in [0.3, 0.4) is 0 Å². The number of nitrogens with two attached hydrogens (primary N) is 1. The summed E-state index contributed by atoms with van der Waals surface area (Å²) in [6.07, 6.45) is 20.6. The molecule has 0 unspecified atom stereocenters. The first kappa shape index (κ1) is 39.5. The highest BCUT2D eigenvalue weighted by molar-refractivity contribution is 7.88. The Labute approximate surface area is 321 Å². The Hall–Kier alpha value is -2.78. The topological polar surface area (TPSA) is 170 Å². The smallest absolute Gasteiger partial charge is 0.339 e. The molecule has 8 aliphatic rings. The number of sulfonamides is 2. The van der Waals surface area contributed by atoms with Gasteiger partial charge < -0.3 is 10.5 Å². The van der Waals surface area contributed by atoms with Crippen molar-refractivity contribution in [2.45, 2.75) is 90.1 Å². The number of aromatic nitrogens is 2. The van der Waals surface area contributed by atoms with E-state index in [2.05, 4.69) is 14.7 Å². The highest BCUT2D eigenvalue weighted by atomic mass is 32.2. The number of carbonyl (C=O) groups is 2. The minimum absolute atomic E-state index is 0.0531. The summed E-state index contributed by atoms with van der Waals surface area (Å²) < 4.78 is 57.9.